The van der Waals surface area contributed by atoms with E-state index in [1.807, 2.05) is 24.5 Å². The molecule has 10 rings (SSSR count). The van der Waals surface area contributed by atoms with E-state index in [2.05, 4.69) is 170 Å². The number of anilines is 3. The van der Waals surface area contributed by atoms with Gasteiger partial charge >= 0.3 is 20.4 Å². The van der Waals surface area contributed by atoms with E-state index in [4.69, 9.17) is 9.97 Å². The summed E-state index contributed by atoms with van der Waals surface area (Å²) in [6.07, 6.45) is 3.76. The molecule has 53 heavy (non-hydrogen) atoms. The molecule has 0 amide bonds. The minimum absolute atomic E-state index is 0. The van der Waals surface area contributed by atoms with Gasteiger partial charge in [-0.15, -0.1) is 35.9 Å². The first-order valence-corrected chi connectivity index (χ1v) is 17.9. The van der Waals surface area contributed by atoms with E-state index < -0.39 is 0 Å². The van der Waals surface area contributed by atoms with Crippen LogP contribution in [0.4, 0.5) is 17.1 Å². The monoisotopic (exact) mass is 777 g/mol. The normalized spacial score (nSPS) is 13.4. The fourth-order valence-corrected chi connectivity index (χ4v) is 8.26. The Bertz CT molecular complexity index is 2820. The maximum Gasteiger partial charge on any atom is 2.00 e. The van der Waals surface area contributed by atoms with Gasteiger partial charge in [0.25, 0.3) is 0 Å². The van der Waals surface area contributed by atoms with Crippen molar-refractivity contribution in [3.63, 3.8) is 0 Å². The zero-order chi connectivity index (χ0) is 35.4. The Hall–Kier alpha value is -5.54. The van der Waals surface area contributed by atoms with Crippen LogP contribution in [0.5, 0.6) is 0 Å². The van der Waals surface area contributed by atoms with E-state index in [1.54, 1.807) is 0 Å². The molecule has 0 N–H and O–H groups in total. The number of hydrogen-bond acceptors (Lipinski definition) is 3. The molecule has 0 saturated carbocycles. The predicted molar refractivity (Wildman–Crippen MR) is 214 cm³/mol. The Labute approximate surface area is 323 Å². The first-order valence-electron chi connectivity index (χ1n) is 17.9. The van der Waals surface area contributed by atoms with E-state index in [0.717, 1.165) is 56.0 Å². The Kier molecular flexibility index (Phi) is 7.54. The third-order valence-corrected chi connectivity index (χ3v) is 10.9. The number of hydrogen-bond donors (Lipinski definition) is 0. The molecule has 5 aromatic carbocycles. The number of para-hydroxylation sites is 2. The second-order valence-electron chi connectivity index (χ2n) is 15.4. The maximum atomic E-state index is 5.00. The van der Waals surface area contributed by atoms with Crippen molar-refractivity contribution in [3.05, 3.63) is 163 Å². The summed E-state index contributed by atoms with van der Waals surface area (Å²) >= 11 is 0. The van der Waals surface area contributed by atoms with Crippen LogP contribution in [0.3, 0.4) is 0 Å². The van der Waals surface area contributed by atoms with Crippen molar-refractivity contribution in [1.29, 1.82) is 0 Å². The van der Waals surface area contributed by atoms with Crippen molar-refractivity contribution in [2.75, 3.05) is 4.90 Å². The fraction of sp³-hybridized carbons (Fsp3) is 0.149. The average molecular weight is 778 g/mol. The predicted octanol–water partition coefficient (Wildman–Crippen LogP) is 11.7. The summed E-state index contributed by atoms with van der Waals surface area (Å²) in [5.41, 5.74) is 12.6. The summed E-state index contributed by atoms with van der Waals surface area (Å²) < 4.78 is 4.57. The van der Waals surface area contributed by atoms with Crippen LogP contribution in [0.1, 0.15) is 51.3 Å². The zero-order valence-corrected chi connectivity index (χ0v) is 31.8. The van der Waals surface area contributed by atoms with Crippen LogP contribution in [0, 0.1) is 12.1 Å². The van der Waals surface area contributed by atoms with Gasteiger partial charge < -0.3 is 14.0 Å². The summed E-state index contributed by atoms with van der Waals surface area (Å²) in [5.74, 6) is 0. The smallest absolute Gasteiger partial charge is 0.358 e. The van der Waals surface area contributed by atoms with Crippen LogP contribution in [0.15, 0.2) is 134 Å². The summed E-state index contributed by atoms with van der Waals surface area (Å²) in [6.45, 7) is 11.6. The number of rotatable bonds is 4. The second-order valence-corrected chi connectivity index (χ2v) is 15.4. The number of aromatic nitrogens is 4. The van der Waals surface area contributed by atoms with Crippen LogP contribution >= 0.6 is 0 Å². The van der Waals surface area contributed by atoms with Crippen molar-refractivity contribution in [3.8, 4) is 11.4 Å². The van der Waals surface area contributed by atoms with Gasteiger partial charge in [-0.25, -0.2) is 9.97 Å². The van der Waals surface area contributed by atoms with Crippen LogP contribution in [0.25, 0.3) is 55.2 Å². The SMILES string of the molecule is CC(C)(C)c1cc2c3c(c1)c1cccnc1n3-c1[c-]c(N(c3[c-]c(-n4c5ccccc5c5cccnc54)ccc3)c3ccccc3)ccc1C2(C)C.[Pd+2]. The first-order chi connectivity index (χ1) is 25.2. The van der Waals surface area contributed by atoms with Crippen molar-refractivity contribution >= 4 is 60.9 Å². The van der Waals surface area contributed by atoms with E-state index in [9.17, 15) is 0 Å². The van der Waals surface area contributed by atoms with Gasteiger partial charge in [0.2, 0.25) is 0 Å². The standard InChI is InChI=1S/C47H37N5.Pd/c1-46(2,3)30-26-38-37-20-13-25-49-45(37)52-42-29-34(22-23-39(42)47(4,5)40(27-30)43(38)52)50(31-14-7-6-8-15-31)32-16-11-17-33(28-32)51-41-21-10-9-18-35(41)36-19-12-24-48-44(36)51;/h6-27H,1-5H3;/q-2;+2. The molecule has 260 valence electrons. The molecular weight excluding hydrogens is 741 g/mol. The summed E-state index contributed by atoms with van der Waals surface area (Å²) in [5, 5.41) is 4.69. The van der Waals surface area contributed by atoms with Gasteiger partial charge in [-0.2, -0.15) is 12.1 Å². The third kappa shape index (κ3) is 4.93. The molecule has 1 aliphatic heterocycles. The summed E-state index contributed by atoms with van der Waals surface area (Å²) in [6, 6.07) is 50.9. The van der Waals surface area contributed by atoms with Gasteiger partial charge in [-0.3, -0.25) is 0 Å². The van der Waals surface area contributed by atoms with Crippen molar-refractivity contribution in [1.82, 2.24) is 19.1 Å². The molecular formula is C47H37N5Pd. The van der Waals surface area contributed by atoms with Gasteiger partial charge in [-0.05, 0) is 70.5 Å². The molecule has 6 heteroatoms. The van der Waals surface area contributed by atoms with E-state index in [1.165, 1.54) is 33.0 Å². The molecule has 0 aliphatic carbocycles. The third-order valence-electron chi connectivity index (χ3n) is 10.9. The second kappa shape index (κ2) is 12.0. The minimum Gasteiger partial charge on any atom is -0.358 e. The minimum atomic E-state index is -0.262. The quantitative estimate of drug-likeness (QED) is 0.132. The maximum absolute atomic E-state index is 5.00. The molecule has 0 spiro atoms. The van der Waals surface area contributed by atoms with Gasteiger partial charge in [0.15, 0.2) is 0 Å². The van der Waals surface area contributed by atoms with Gasteiger partial charge in [0.05, 0.1) is 11.0 Å². The van der Waals surface area contributed by atoms with Crippen molar-refractivity contribution in [2.24, 2.45) is 0 Å². The number of fused-ring (bicyclic) bond motifs is 8. The van der Waals surface area contributed by atoms with Gasteiger partial charge in [0.1, 0.15) is 11.3 Å². The molecule has 0 fully saturated rings. The Morgan fingerprint density at radius 3 is 2.02 bits per heavy atom. The zero-order valence-electron chi connectivity index (χ0n) is 30.3. The molecule has 4 aromatic heterocycles. The molecule has 0 saturated heterocycles. The van der Waals surface area contributed by atoms with Gasteiger partial charge in [-0.1, -0.05) is 99.8 Å². The van der Waals surface area contributed by atoms with Gasteiger partial charge in [0, 0.05) is 39.6 Å². The molecule has 5 nitrogen and oxygen atoms in total. The number of pyridine rings is 2. The molecule has 1 aliphatic rings. The molecule has 0 atom stereocenters. The largest absolute Gasteiger partial charge is 2.00 e. The Morgan fingerprint density at radius 2 is 1.26 bits per heavy atom. The molecule has 0 unspecified atom stereocenters. The summed E-state index contributed by atoms with van der Waals surface area (Å²) in [7, 11) is 0. The topological polar surface area (TPSA) is 38.9 Å². The molecule has 9 aromatic rings. The average Bonchev–Trinajstić information content (AvgIpc) is 3.68. The number of nitrogens with zero attached hydrogens (tertiary/aromatic N) is 5. The van der Waals surface area contributed by atoms with E-state index >= 15 is 0 Å². The van der Waals surface area contributed by atoms with Crippen molar-refractivity contribution < 1.29 is 20.4 Å². The Balaban J connectivity index is 0.00000372. The van der Waals surface area contributed by atoms with Crippen LogP contribution < -0.4 is 4.90 Å². The first kappa shape index (κ1) is 33.3. The molecule has 0 bridgehead atoms. The Morgan fingerprint density at radius 1 is 0.604 bits per heavy atom. The molecule has 5 heterocycles. The van der Waals surface area contributed by atoms with Crippen LogP contribution in [-0.4, -0.2) is 19.1 Å². The van der Waals surface area contributed by atoms with Crippen LogP contribution in [0.2, 0.25) is 0 Å². The molecule has 0 radical (unpaired) electrons. The van der Waals surface area contributed by atoms with E-state index in [-0.39, 0.29) is 31.3 Å². The van der Waals surface area contributed by atoms with E-state index in [0.29, 0.717) is 0 Å². The van der Waals surface area contributed by atoms with Crippen LogP contribution in [-0.2, 0) is 31.3 Å². The van der Waals surface area contributed by atoms with Crippen molar-refractivity contribution in [2.45, 2.75) is 45.4 Å². The number of benzene rings is 5. The fourth-order valence-electron chi connectivity index (χ4n) is 8.26. The summed E-state index contributed by atoms with van der Waals surface area (Å²) in [4.78, 5) is 12.1.